The van der Waals surface area contributed by atoms with Gasteiger partial charge in [-0.1, -0.05) is 121 Å². The Morgan fingerprint density at radius 1 is 0.469 bits per heavy atom. The summed E-state index contributed by atoms with van der Waals surface area (Å²) >= 11 is 0. The van der Waals surface area contributed by atoms with E-state index in [9.17, 15) is 9.59 Å². The molecule has 0 rings (SSSR count). The van der Waals surface area contributed by atoms with E-state index >= 15 is 0 Å². The fraction of sp³-hybridized carbons (Fsp3) is 0.857. The van der Waals surface area contributed by atoms with Gasteiger partial charge in [0, 0.05) is 6.42 Å². The van der Waals surface area contributed by atoms with Gasteiger partial charge in [-0.15, -0.1) is 0 Å². The third kappa shape index (κ3) is 24.9. The molecule has 0 radical (unpaired) electrons. The van der Waals surface area contributed by atoms with E-state index in [2.05, 4.69) is 15.5 Å². The molecule has 0 bridgehead atoms. The van der Waals surface area contributed by atoms with Gasteiger partial charge in [0.2, 0.25) is 0 Å². The van der Waals surface area contributed by atoms with Gasteiger partial charge in [-0.3, -0.25) is 9.59 Å². The van der Waals surface area contributed by atoms with E-state index in [1.54, 1.807) is 0 Å². The maximum absolute atomic E-state index is 11.0. The van der Waals surface area contributed by atoms with Gasteiger partial charge in [0.05, 0.1) is 20.6 Å². The number of carbonyl (C=O) groups excluding carboxylic acids is 2. The fourth-order valence-corrected chi connectivity index (χ4v) is 4.02. The Morgan fingerprint density at radius 2 is 0.812 bits per heavy atom. The molecule has 0 atom stereocenters. The molecule has 0 aliphatic carbocycles. The van der Waals surface area contributed by atoms with Crippen molar-refractivity contribution in [3.8, 4) is 0 Å². The molecule has 32 heavy (non-hydrogen) atoms. The maximum atomic E-state index is 11.0. The van der Waals surface area contributed by atoms with Crippen LogP contribution in [0.25, 0.3) is 0 Å². The number of rotatable bonds is 24. The van der Waals surface area contributed by atoms with E-state index in [1.165, 1.54) is 123 Å². The van der Waals surface area contributed by atoms with Crippen LogP contribution >= 0.6 is 0 Å². The molecule has 0 saturated carbocycles. The number of hydrogen-bond acceptors (Lipinski definition) is 4. The summed E-state index contributed by atoms with van der Waals surface area (Å²) in [7, 11) is 2.90. The molecule has 4 nitrogen and oxygen atoms in total. The normalized spacial score (nSPS) is 11.2. The highest BCUT2D eigenvalue weighted by atomic mass is 16.5. The van der Waals surface area contributed by atoms with Gasteiger partial charge in [0.15, 0.2) is 0 Å². The van der Waals surface area contributed by atoms with Crippen LogP contribution in [0, 0.1) is 0 Å². The minimum atomic E-state index is -0.158. The monoisotopic (exact) mass is 452 g/mol. The quantitative estimate of drug-likeness (QED) is 0.0837. The highest BCUT2D eigenvalue weighted by Gasteiger charge is 1.99. The number of methoxy groups -OCH3 is 2. The van der Waals surface area contributed by atoms with Gasteiger partial charge in [-0.05, 0) is 19.3 Å². The maximum Gasteiger partial charge on any atom is 0.309 e. The Morgan fingerprint density at radius 3 is 1.19 bits per heavy atom. The molecular formula is C28H52O4. The van der Waals surface area contributed by atoms with Gasteiger partial charge in [0.1, 0.15) is 0 Å². The van der Waals surface area contributed by atoms with Crippen LogP contribution in [0.1, 0.15) is 141 Å². The summed E-state index contributed by atoms with van der Waals surface area (Å²) < 4.78 is 9.26. The second-order valence-electron chi connectivity index (χ2n) is 9.08. The molecule has 0 fully saturated rings. The van der Waals surface area contributed by atoms with E-state index in [-0.39, 0.29) is 11.9 Å². The first-order valence-electron chi connectivity index (χ1n) is 13.5. The Balaban J connectivity index is 3.09. The van der Waals surface area contributed by atoms with Gasteiger partial charge < -0.3 is 9.47 Å². The van der Waals surface area contributed by atoms with Crippen molar-refractivity contribution in [1.82, 2.24) is 0 Å². The molecule has 4 heteroatoms. The predicted molar refractivity (Wildman–Crippen MR) is 135 cm³/mol. The number of hydrogen-bond donors (Lipinski definition) is 0. The molecule has 0 unspecified atom stereocenters. The molecule has 0 spiro atoms. The summed E-state index contributed by atoms with van der Waals surface area (Å²) in [5.41, 5.74) is 0. The van der Waals surface area contributed by atoms with Crippen molar-refractivity contribution in [3.05, 3.63) is 12.2 Å². The lowest BCUT2D eigenvalue weighted by atomic mass is 10.0. The van der Waals surface area contributed by atoms with E-state index in [0.717, 1.165) is 19.3 Å². The van der Waals surface area contributed by atoms with Crippen LogP contribution < -0.4 is 0 Å². The third-order valence-corrected chi connectivity index (χ3v) is 6.16. The van der Waals surface area contributed by atoms with Gasteiger partial charge in [-0.2, -0.15) is 0 Å². The summed E-state index contributed by atoms with van der Waals surface area (Å²) in [5, 5.41) is 0. The summed E-state index contributed by atoms with van der Waals surface area (Å²) in [6.07, 6.45) is 31.4. The smallest absolute Gasteiger partial charge is 0.309 e. The SMILES string of the molecule is COC(=O)CC=CCCCCCCCCCCCCCCCCCCCCCC(=O)OC. The molecule has 0 saturated heterocycles. The van der Waals surface area contributed by atoms with E-state index in [0.29, 0.717) is 12.8 Å². The number of allylic oxidation sites excluding steroid dienone is 1. The van der Waals surface area contributed by atoms with Crippen LogP contribution in [0.4, 0.5) is 0 Å². The summed E-state index contributed by atoms with van der Waals surface area (Å²) in [6.45, 7) is 0. The highest BCUT2D eigenvalue weighted by molar-refractivity contribution is 5.70. The molecule has 0 aromatic carbocycles. The van der Waals surface area contributed by atoms with Crippen LogP contribution in [-0.4, -0.2) is 26.2 Å². The Labute approximate surface area is 198 Å². The van der Waals surface area contributed by atoms with E-state index in [1.807, 2.05) is 6.08 Å². The predicted octanol–water partition coefficient (Wildman–Crippen LogP) is 8.47. The van der Waals surface area contributed by atoms with Crippen LogP contribution in [0.5, 0.6) is 0 Å². The molecular weight excluding hydrogens is 400 g/mol. The van der Waals surface area contributed by atoms with Crippen molar-refractivity contribution in [2.24, 2.45) is 0 Å². The minimum absolute atomic E-state index is 0.0732. The standard InChI is InChI=1S/C28H52O4/c1-31-27(29)25-23-21-19-17-15-13-11-9-7-5-3-4-6-8-10-12-14-16-18-20-22-24-26-28(30)32-2/h21,23H,3-20,22,24-26H2,1-2H3. The molecule has 0 aromatic heterocycles. The zero-order valence-corrected chi connectivity index (χ0v) is 21.3. The summed E-state index contributed by atoms with van der Waals surface area (Å²) in [5.74, 6) is -0.231. The third-order valence-electron chi connectivity index (χ3n) is 6.16. The zero-order chi connectivity index (χ0) is 23.5. The molecule has 0 aliphatic rings. The number of unbranched alkanes of at least 4 members (excludes halogenated alkanes) is 19. The first-order chi connectivity index (χ1) is 15.7. The van der Waals surface area contributed by atoms with Crippen molar-refractivity contribution in [2.45, 2.75) is 141 Å². The Kier molecular flexibility index (Phi) is 24.9. The molecule has 188 valence electrons. The fourth-order valence-electron chi connectivity index (χ4n) is 4.02. The Bertz CT molecular complexity index is 445. The lowest BCUT2D eigenvalue weighted by Crippen LogP contribution is -1.99. The molecule has 0 heterocycles. The molecule has 0 aromatic rings. The molecule has 0 aliphatic heterocycles. The van der Waals surface area contributed by atoms with E-state index < -0.39 is 0 Å². The first-order valence-corrected chi connectivity index (χ1v) is 13.5. The number of ether oxygens (including phenoxy) is 2. The van der Waals surface area contributed by atoms with Crippen molar-refractivity contribution in [1.29, 1.82) is 0 Å². The lowest BCUT2D eigenvalue weighted by Gasteiger charge is -2.04. The second kappa shape index (κ2) is 25.9. The Hall–Kier alpha value is -1.32. The van der Waals surface area contributed by atoms with Crippen molar-refractivity contribution < 1.29 is 19.1 Å². The molecule has 0 amide bonds. The summed E-state index contributed by atoms with van der Waals surface area (Å²) in [4.78, 5) is 22.0. The molecule has 0 N–H and O–H groups in total. The van der Waals surface area contributed by atoms with E-state index in [4.69, 9.17) is 0 Å². The lowest BCUT2D eigenvalue weighted by molar-refractivity contribution is -0.141. The van der Waals surface area contributed by atoms with Crippen molar-refractivity contribution in [2.75, 3.05) is 14.2 Å². The van der Waals surface area contributed by atoms with Crippen LogP contribution in [0.2, 0.25) is 0 Å². The van der Waals surface area contributed by atoms with Crippen LogP contribution in [-0.2, 0) is 19.1 Å². The highest BCUT2D eigenvalue weighted by Crippen LogP contribution is 2.15. The topological polar surface area (TPSA) is 52.6 Å². The van der Waals surface area contributed by atoms with Gasteiger partial charge >= 0.3 is 11.9 Å². The number of esters is 2. The van der Waals surface area contributed by atoms with Crippen molar-refractivity contribution >= 4 is 11.9 Å². The first kappa shape index (κ1) is 30.7. The van der Waals surface area contributed by atoms with Gasteiger partial charge in [-0.25, -0.2) is 0 Å². The van der Waals surface area contributed by atoms with Crippen LogP contribution in [0.3, 0.4) is 0 Å². The summed E-state index contributed by atoms with van der Waals surface area (Å²) in [6, 6.07) is 0. The number of carbonyl (C=O) groups is 2. The van der Waals surface area contributed by atoms with Gasteiger partial charge in [0.25, 0.3) is 0 Å². The zero-order valence-electron chi connectivity index (χ0n) is 21.3. The minimum Gasteiger partial charge on any atom is -0.469 e. The second-order valence-corrected chi connectivity index (χ2v) is 9.08. The largest absolute Gasteiger partial charge is 0.469 e. The average molecular weight is 453 g/mol. The van der Waals surface area contributed by atoms with Crippen molar-refractivity contribution in [3.63, 3.8) is 0 Å². The average Bonchev–Trinajstić information content (AvgIpc) is 2.81. The van der Waals surface area contributed by atoms with Crippen LogP contribution in [0.15, 0.2) is 12.2 Å².